The van der Waals surface area contributed by atoms with Gasteiger partial charge in [-0.05, 0) is 56.4 Å². The smallest absolute Gasteiger partial charge is 0.0406 e. The third-order valence-corrected chi connectivity index (χ3v) is 4.68. The third kappa shape index (κ3) is 2.94. The van der Waals surface area contributed by atoms with E-state index in [1.165, 1.54) is 35.7 Å². The molecule has 0 spiro atoms. The van der Waals surface area contributed by atoms with E-state index in [1.807, 2.05) is 6.20 Å². The number of nitrogens with one attached hydrogen (secondary N) is 1. The van der Waals surface area contributed by atoms with Crippen LogP contribution in [0.5, 0.6) is 0 Å². The summed E-state index contributed by atoms with van der Waals surface area (Å²) in [4.78, 5) is 7.00. The number of nitrogens with zero attached hydrogens (tertiary/aromatic N) is 2. The lowest BCUT2D eigenvalue weighted by atomic mass is 9.84. The molecule has 3 nitrogen and oxygen atoms in total. The molecule has 0 saturated carbocycles. The second kappa shape index (κ2) is 6.54. The monoisotopic (exact) mass is 283 g/mol. The number of benzene rings is 1. The van der Waals surface area contributed by atoms with Crippen LogP contribution in [0.4, 0.5) is 0 Å². The quantitative estimate of drug-likeness (QED) is 0.934. The summed E-state index contributed by atoms with van der Waals surface area (Å²) in [5, 5.41) is 6.14. The molecule has 1 N–H and O–H groups in total. The highest BCUT2D eigenvalue weighted by molar-refractivity contribution is 5.85. The Balaban J connectivity index is 2.00. The van der Waals surface area contributed by atoms with Gasteiger partial charge in [0.25, 0.3) is 0 Å². The second-order valence-electron chi connectivity index (χ2n) is 6.09. The number of rotatable bonds is 4. The van der Waals surface area contributed by atoms with Gasteiger partial charge >= 0.3 is 0 Å². The van der Waals surface area contributed by atoms with Gasteiger partial charge < -0.3 is 5.32 Å². The minimum atomic E-state index is 0.469. The molecule has 112 valence electrons. The minimum absolute atomic E-state index is 0.469. The largest absolute Gasteiger partial charge is 0.317 e. The molecule has 2 atom stereocenters. The number of piperidine rings is 1. The van der Waals surface area contributed by atoms with Crippen LogP contribution in [0.25, 0.3) is 10.8 Å². The summed E-state index contributed by atoms with van der Waals surface area (Å²) in [5.74, 6) is 0.663. The van der Waals surface area contributed by atoms with E-state index in [9.17, 15) is 0 Å². The minimum Gasteiger partial charge on any atom is -0.317 e. The van der Waals surface area contributed by atoms with Gasteiger partial charge in [0, 0.05) is 23.8 Å². The van der Waals surface area contributed by atoms with Crippen LogP contribution in [0.2, 0.25) is 0 Å². The van der Waals surface area contributed by atoms with Crippen molar-refractivity contribution in [3.63, 3.8) is 0 Å². The van der Waals surface area contributed by atoms with Crippen LogP contribution in [0.1, 0.15) is 31.4 Å². The molecule has 2 unspecified atom stereocenters. The van der Waals surface area contributed by atoms with Crippen molar-refractivity contribution in [1.82, 2.24) is 15.2 Å². The zero-order valence-corrected chi connectivity index (χ0v) is 13.0. The maximum Gasteiger partial charge on any atom is 0.0406 e. The van der Waals surface area contributed by atoms with E-state index in [1.54, 1.807) is 0 Å². The summed E-state index contributed by atoms with van der Waals surface area (Å²) in [5.41, 5.74) is 1.39. The first-order valence-corrected chi connectivity index (χ1v) is 8.05. The number of fused-ring (bicyclic) bond motifs is 1. The van der Waals surface area contributed by atoms with E-state index in [2.05, 4.69) is 59.6 Å². The van der Waals surface area contributed by atoms with Crippen molar-refractivity contribution in [2.45, 2.75) is 25.8 Å². The Bertz CT molecular complexity index is 591. The highest BCUT2D eigenvalue weighted by Crippen LogP contribution is 2.37. The van der Waals surface area contributed by atoms with Crippen LogP contribution in [0.15, 0.2) is 36.7 Å². The standard InChI is InChI=1S/C18H25N3/c1-3-19-12-15-8-6-10-21(2)18(15)17-13-20-11-14-7-4-5-9-16(14)17/h4-5,7,9,11,13,15,18-19H,3,6,8,10,12H2,1-2H3. The van der Waals surface area contributed by atoms with Gasteiger partial charge in [0.15, 0.2) is 0 Å². The van der Waals surface area contributed by atoms with Crippen LogP contribution >= 0.6 is 0 Å². The van der Waals surface area contributed by atoms with Crippen LogP contribution in [0, 0.1) is 5.92 Å². The van der Waals surface area contributed by atoms with Crippen LogP contribution in [-0.4, -0.2) is 36.6 Å². The first-order chi connectivity index (χ1) is 10.3. The second-order valence-corrected chi connectivity index (χ2v) is 6.09. The third-order valence-electron chi connectivity index (χ3n) is 4.68. The van der Waals surface area contributed by atoms with Gasteiger partial charge in [0.05, 0.1) is 0 Å². The Morgan fingerprint density at radius 2 is 2.14 bits per heavy atom. The molecule has 0 radical (unpaired) electrons. The first kappa shape index (κ1) is 14.5. The summed E-state index contributed by atoms with van der Waals surface area (Å²) in [6, 6.07) is 9.09. The maximum atomic E-state index is 4.49. The van der Waals surface area contributed by atoms with Crippen molar-refractivity contribution in [2.24, 2.45) is 5.92 Å². The Labute approximate surface area is 127 Å². The van der Waals surface area contributed by atoms with E-state index >= 15 is 0 Å². The van der Waals surface area contributed by atoms with E-state index < -0.39 is 0 Å². The highest BCUT2D eigenvalue weighted by Gasteiger charge is 2.31. The van der Waals surface area contributed by atoms with Gasteiger partial charge in [-0.3, -0.25) is 9.88 Å². The van der Waals surface area contributed by atoms with Crippen LogP contribution in [-0.2, 0) is 0 Å². The average molecular weight is 283 g/mol. The summed E-state index contributed by atoms with van der Waals surface area (Å²) < 4.78 is 0. The molecule has 0 bridgehead atoms. The predicted molar refractivity (Wildman–Crippen MR) is 88.4 cm³/mol. The van der Waals surface area contributed by atoms with E-state index in [4.69, 9.17) is 0 Å². The maximum absolute atomic E-state index is 4.49. The summed E-state index contributed by atoms with van der Waals surface area (Å²) in [6.07, 6.45) is 6.64. The molecule has 3 rings (SSSR count). The van der Waals surface area contributed by atoms with Crippen molar-refractivity contribution < 1.29 is 0 Å². The molecular weight excluding hydrogens is 258 g/mol. The fraction of sp³-hybridized carbons (Fsp3) is 0.500. The van der Waals surface area contributed by atoms with Crippen LogP contribution < -0.4 is 5.32 Å². The molecule has 21 heavy (non-hydrogen) atoms. The number of hydrogen-bond acceptors (Lipinski definition) is 3. The molecule has 1 aliphatic rings. The van der Waals surface area contributed by atoms with Gasteiger partial charge in [-0.2, -0.15) is 0 Å². The molecule has 1 aliphatic heterocycles. The molecule has 2 heterocycles. The van der Waals surface area contributed by atoms with Crippen molar-refractivity contribution in [1.29, 1.82) is 0 Å². The Hall–Kier alpha value is -1.45. The first-order valence-electron chi connectivity index (χ1n) is 8.05. The van der Waals surface area contributed by atoms with Crippen molar-refractivity contribution in [3.05, 3.63) is 42.2 Å². The van der Waals surface area contributed by atoms with Gasteiger partial charge in [-0.15, -0.1) is 0 Å². The Morgan fingerprint density at radius 3 is 3.00 bits per heavy atom. The lowest BCUT2D eigenvalue weighted by Gasteiger charge is -2.40. The summed E-state index contributed by atoms with van der Waals surface area (Å²) >= 11 is 0. The molecule has 1 fully saturated rings. The van der Waals surface area contributed by atoms with Crippen molar-refractivity contribution in [3.8, 4) is 0 Å². The lowest BCUT2D eigenvalue weighted by Crippen LogP contribution is -2.40. The normalized spacial score (nSPS) is 23.5. The molecular formula is C18H25N3. The number of aromatic nitrogens is 1. The zero-order valence-electron chi connectivity index (χ0n) is 13.0. The zero-order chi connectivity index (χ0) is 14.7. The molecule has 1 aromatic carbocycles. The van der Waals surface area contributed by atoms with E-state index in [0.29, 0.717) is 12.0 Å². The molecule has 1 aromatic heterocycles. The SMILES string of the molecule is CCNCC1CCCN(C)C1c1cncc2ccccc12. The van der Waals surface area contributed by atoms with E-state index in [0.717, 1.165) is 13.1 Å². The van der Waals surface area contributed by atoms with E-state index in [-0.39, 0.29) is 0 Å². The number of pyridine rings is 1. The summed E-state index contributed by atoms with van der Waals surface area (Å²) in [6.45, 7) is 5.49. The van der Waals surface area contributed by atoms with Gasteiger partial charge in [-0.25, -0.2) is 0 Å². The van der Waals surface area contributed by atoms with Crippen molar-refractivity contribution >= 4 is 10.8 Å². The van der Waals surface area contributed by atoms with Crippen LogP contribution in [0.3, 0.4) is 0 Å². The average Bonchev–Trinajstić information content (AvgIpc) is 2.52. The molecule has 0 amide bonds. The van der Waals surface area contributed by atoms with Gasteiger partial charge in [0.1, 0.15) is 0 Å². The van der Waals surface area contributed by atoms with Gasteiger partial charge in [-0.1, -0.05) is 31.2 Å². The number of likely N-dealkylation sites (tertiary alicyclic amines) is 1. The predicted octanol–water partition coefficient (Wildman–Crippen LogP) is 3.23. The molecule has 0 aliphatic carbocycles. The highest BCUT2D eigenvalue weighted by atomic mass is 15.1. The topological polar surface area (TPSA) is 28.2 Å². The van der Waals surface area contributed by atoms with Crippen molar-refractivity contribution in [2.75, 3.05) is 26.7 Å². The fourth-order valence-electron chi connectivity index (χ4n) is 3.67. The molecule has 3 heteroatoms. The lowest BCUT2D eigenvalue weighted by molar-refractivity contribution is 0.121. The number of hydrogen-bond donors (Lipinski definition) is 1. The Morgan fingerprint density at radius 1 is 1.29 bits per heavy atom. The summed E-state index contributed by atoms with van der Waals surface area (Å²) in [7, 11) is 2.25. The van der Waals surface area contributed by atoms with Gasteiger partial charge in [0.2, 0.25) is 0 Å². The Kier molecular flexibility index (Phi) is 4.51. The molecule has 1 saturated heterocycles. The fourth-order valence-corrected chi connectivity index (χ4v) is 3.67. The molecule has 2 aromatic rings.